The molecule has 0 unspecified atom stereocenters. The van der Waals surface area contributed by atoms with Crippen molar-refractivity contribution in [1.29, 1.82) is 0 Å². The van der Waals surface area contributed by atoms with Gasteiger partial charge >= 0.3 is 0 Å². The molecule has 0 radical (unpaired) electrons. The van der Waals surface area contributed by atoms with Crippen molar-refractivity contribution in [2.24, 2.45) is 5.92 Å². The van der Waals surface area contributed by atoms with Crippen LogP contribution in [0.25, 0.3) is 0 Å². The summed E-state index contributed by atoms with van der Waals surface area (Å²) in [5.74, 6) is 0.785. The Morgan fingerprint density at radius 2 is 2.33 bits per heavy atom. The van der Waals surface area contributed by atoms with Crippen molar-refractivity contribution in [3.05, 3.63) is 0 Å². The largest absolute Gasteiger partial charge is 0.356 e. The van der Waals surface area contributed by atoms with Crippen molar-refractivity contribution < 1.29 is 9.53 Å². The molecule has 0 aromatic heterocycles. The Morgan fingerprint density at radius 3 is 3.00 bits per heavy atom. The fraction of sp³-hybridized carbons (Fsp3) is 0.889. The molecule has 0 aromatic carbocycles. The summed E-state index contributed by atoms with van der Waals surface area (Å²) in [5, 5.41) is 0. The number of carbonyl (C=O) groups excluding carboxylic acids is 1. The van der Waals surface area contributed by atoms with E-state index < -0.39 is 0 Å². The molecule has 12 heavy (non-hydrogen) atoms. The Bertz CT molecular complexity index is 203. The van der Waals surface area contributed by atoms with E-state index in [9.17, 15) is 4.79 Å². The third kappa shape index (κ3) is 1.04. The van der Waals surface area contributed by atoms with Gasteiger partial charge in [-0.15, -0.1) is 0 Å². The van der Waals surface area contributed by atoms with Crippen LogP contribution in [0.5, 0.6) is 0 Å². The van der Waals surface area contributed by atoms with Gasteiger partial charge in [0, 0.05) is 12.8 Å². The quantitative estimate of drug-likeness (QED) is 0.586. The summed E-state index contributed by atoms with van der Waals surface area (Å²) < 4.78 is 5.53. The number of hydrogen-bond acceptors (Lipinski definition) is 2. The van der Waals surface area contributed by atoms with E-state index in [1.54, 1.807) is 0 Å². The summed E-state index contributed by atoms with van der Waals surface area (Å²) in [5.41, 5.74) is 0. The highest BCUT2D eigenvalue weighted by molar-refractivity contribution is 5.79. The minimum absolute atomic E-state index is 0.102. The number of carbonyl (C=O) groups is 1. The second-order valence-electron chi connectivity index (χ2n) is 3.94. The first-order chi connectivity index (χ1) is 5.70. The third-order valence-corrected chi connectivity index (χ3v) is 2.79. The summed E-state index contributed by atoms with van der Waals surface area (Å²) in [6.07, 6.45) is 1.67. The maximum Gasteiger partial charge on any atom is 0.225 e. The van der Waals surface area contributed by atoms with Crippen LogP contribution in [0, 0.1) is 5.92 Å². The van der Waals surface area contributed by atoms with Crippen LogP contribution in [-0.2, 0) is 9.53 Å². The van der Waals surface area contributed by atoms with Gasteiger partial charge in [-0.05, 0) is 5.92 Å². The monoisotopic (exact) mass is 169 g/mol. The number of hydrogen-bond donors (Lipinski definition) is 0. The summed E-state index contributed by atoms with van der Waals surface area (Å²) in [7, 11) is 0. The van der Waals surface area contributed by atoms with E-state index in [0.717, 1.165) is 13.0 Å². The van der Waals surface area contributed by atoms with Crippen LogP contribution in [0.1, 0.15) is 26.7 Å². The van der Waals surface area contributed by atoms with Crippen LogP contribution in [-0.4, -0.2) is 29.7 Å². The van der Waals surface area contributed by atoms with Crippen LogP contribution < -0.4 is 0 Å². The molecule has 2 rings (SSSR count). The molecule has 2 fully saturated rings. The Balaban J connectivity index is 2.14. The Labute approximate surface area is 72.7 Å². The number of fused-ring (bicyclic) bond motifs is 1. The van der Waals surface area contributed by atoms with E-state index in [0.29, 0.717) is 18.4 Å². The lowest BCUT2D eigenvalue weighted by atomic mass is 10.1. The zero-order valence-electron chi connectivity index (χ0n) is 7.62. The van der Waals surface area contributed by atoms with Gasteiger partial charge in [0.05, 0.1) is 12.6 Å². The number of nitrogens with zero attached hydrogens (tertiary/aromatic N) is 1. The van der Waals surface area contributed by atoms with E-state index >= 15 is 0 Å². The SMILES string of the molecule is CC(C)[C@@H]1CO[C@@H]2CCC(=O)N21. The molecule has 0 saturated carbocycles. The van der Waals surface area contributed by atoms with Crippen molar-refractivity contribution in [1.82, 2.24) is 4.90 Å². The Hall–Kier alpha value is -0.570. The molecule has 2 heterocycles. The van der Waals surface area contributed by atoms with Crippen molar-refractivity contribution in [3.8, 4) is 0 Å². The second kappa shape index (κ2) is 2.73. The number of ether oxygens (including phenoxy) is 1. The normalized spacial score (nSPS) is 34.9. The van der Waals surface area contributed by atoms with Crippen molar-refractivity contribution in [2.45, 2.75) is 39.0 Å². The first-order valence-corrected chi connectivity index (χ1v) is 4.63. The first kappa shape index (κ1) is 8.05. The molecule has 2 atom stereocenters. The smallest absolute Gasteiger partial charge is 0.225 e. The number of rotatable bonds is 1. The molecule has 68 valence electrons. The van der Waals surface area contributed by atoms with Gasteiger partial charge in [0.25, 0.3) is 0 Å². The zero-order chi connectivity index (χ0) is 8.72. The highest BCUT2D eigenvalue weighted by Gasteiger charge is 2.43. The predicted molar refractivity (Wildman–Crippen MR) is 44.4 cm³/mol. The van der Waals surface area contributed by atoms with E-state index in [4.69, 9.17) is 4.74 Å². The highest BCUT2D eigenvalue weighted by atomic mass is 16.5. The average Bonchev–Trinajstić information content (AvgIpc) is 2.53. The van der Waals surface area contributed by atoms with E-state index in [-0.39, 0.29) is 12.1 Å². The molecule has 2 aliphatic heterocycles. The minimum Gasteiger partial charge on any atom is -0.356 e. The van der Waals surface area contributed by atoms with E-state index in [1.807, 2.05) is 4.90 Å². The molecule has 1 amide bonds. The molecule has 0 bridgehead atoms. The van der Waals surface area contributed by atoms with Gasteiger partial charge in [0.2, 0.25) is 5.91 Å². The van der Waals surface area contributed by atoms with Crippen LogP contribution in [0.3, 0.4) is 0 Å². The van der Waals surface area contributed by atoms with E-state index in [2.05, 4.69) is 13.8 Å². The summed E-state index contributed by atoms with van der Waals surface area (Å²) in [4.78, 5) is 13.4. The molecule has 0 aromatic rings. The van der Waals surface area contributed by atoms with Gasteiger partial charge in [0.1, 0.15) is 6.23 Å². The standard InChI is InChI=1S/C9H15NO2/c1-6(2)7-5-12-9-4-3-8(11)10(7)9/h6-7,9H,3-5H2,1-2H3/t7-,9+/m0/s1. The molecule has 0 N–H and O–H groups in total. The fourth-order valence-corrected chi connectivity index (χ4v) is 2.04. The van der Waals surface area contributed by atoms with Crippen molar-refractivity contribution >= 4 is 5.91 Å². The average molecular weight is 169 g/mol. The zero-order valence-corrected chi connectivity index (χ0v) is 7.62. The van der Waals surface area contributed by atoms with Gasteiger partial charge in [-0.3, -0.25) is 4.79 Å². The molecule has 0 aliphatic carbocycles. The van der Waals surface area contributed by atoms with Crippen LogP contribution >= 0.6 is 0 Å². The van der Waals surface area contributed by atoms with Crippen LogP contribution in [0.15, 0.2) is 0 Å². The first-order valence-electron chi connectivity index (χ1n) is 4.63. The van der Waals surface area contributed by atoms with Gasteiger partial charge in [-0.25, -0.2) is 0 Å². The molecule has 0 spiro atoms. The predicted octanol–water partition coefficient (Wildman–Crippen LogP) is 0.990. The van der Waals surface area contributed by atoms with Gasteiger partial charge in [-0.1, -0.05) is 13.8 Å². The maximum absolute atomic E-state index is 11.4. The third-order valence-electron chi connectivity index (χ3n) is 2.79. The second-order valence-corrected chi connectivity index (χ2v) is 3.94. The lowest BCUT2D eigenvalue weighted by molar-refractivity contribution is -0.131. The van der Waals surface area contributed by atoms with E-state index in [1.165, 1.54) is 0 Å². The number of amides is 1. The molecule has 2 saturated heterocycles. The fourth-order valence-electron chi connectivity index (χ4n) is 2.04. The topological polar surface area (TPSA) is 29.5 Å². The van der Waals surface area contributed by atoms with Gasteiger partial charge in [0.15, 0.2) is 0 Å². The molecular weight excluding hydrogens is 154 g/mol. The molecular formula is C9H15NO2. The van der Waals surface area contributed by atoms with Crippen LogP contribution in [0.2, 0.25) is 0 Å². The minimum atomic E-state index is 0.102. The molecule has 2 aliphatic rings. The molecule has 3 nitrogen and oxygen atoms in total. The van der Waals surface area contributed by atoms with Gasteiger partial charge < -0.3 is 9.64 Å². The van der Waals surface area contributed by atoms with Gasteiger partial charge in [-0.2, -0.15) is 0 Å². The maximum atomic E-state index is 11.4. The lowest BCUT2D eigenvalue weighted by Gasteiger charge is -2.24. The van der Waals surface area contributed by atoms with Crippen molar-refractivity contribution in [3.63, 3.8) is 0 Å². The highest BCUT2D eigenvalue weighted by Crippen LogP contribution is 2.31. The summed E-state index contributed by atoms with van der Waals surface area (Å²) >= 11 is 0. The Morgan fingerprint density at radius 1 is 1.58 bits per heavy atom. The van der Waals surface area contributed by atoms with Crippen LogP contribution in [0.4, 0.5) is 0 Å². The molecule has 3 heteroatoms. The lowest BCUT2D eigenvalue weighted by Crippen LogP contribution is -2.39. The Kier molecular flexibility index (Phi) is 1.83. The summed E-state index contributed by atoms with van der Waals surface area (Å²) in [6, 6.07) is 0.324. The van der Waals surface area contributed by atoms with Crippen molar-refractivity contribution in [2.75, 3.05) is 6.61 Å². The summed E-state index contributed by atoms with van der Waals surface area (Å²) in [6.45, 7) is 5.01.